The number of allylic oxidation sites excluding steroid dienone is 2. The first-order valence-corrected chi connectivity index (χ1v) is 6.60. The van der Waals surface area contributed by atoms with E-state index in [4.69, 9.17) is 5.11 Å². The SMILES string of the molecule is CC1=CC(C)CC(C=Nc2ccccc2C(=O)O)C1. The molecule has 3 nitrogen and oxygen atoms in total. The van der Waals surface area contributed by atoms with E-state index in [1.54, 1.807) is 18.2 Å². The van der Waals surface area contributed by atoms with E-state index in [9.17, 15) is 4.79 Å². The zero-order chi connectivity index (χ0) is 13.8. The first-order chi connectivity index (χ1) is 9.06. The van der Waals surface area contributed by atoms with Crippen molar-refractivity contribution in [1.82, 2.24) is 0 Å². The molecule has 19 heavy (non-hydrogen) atoms. The summed E-state index contributed by atoms with van der Waals surface area (Å²) in [6.45, 7) is 4.34. The monoisotopic (exact) mass is 257 g/mol. The first-order valence-electron chi connectivity index (χ1n) is 6.60. The summed E-state index contributed by atoms with van der Waals surface area (Å²) in [5.74, 6) is 0.0441. The van der Waals surface area contributed by atoms with Gasteiger partial charge in [-0.1, -0.05) is 30.7 Å². The molecule has 1 aliphatic carbocycles. The molecule has 0 bridgehead atoms. The Labute approximate surface area is 113 Å². The Morgan fingerprint density at radius 3 is 2.84 bits per heavy atom. The number of carboxylic acid groups (broad SMARTS) is 1. The lowest BCUT2D eigenvalue weighted by atomic mass is 9.84. The molecule has 1 N–H and O–H groups in total. The van der Waals surface area contributed by atoms with Gasteiger partial charge in [0, 0.05) is 6.21 Å². The third-order valence-corrected chi connectivity index (χ3v) is 3.39. The highest BCUT2D eigenvalue weighted by Gasteiger charge is 2.16. The van der Waals surface area contributed by atoms with Crippen molar-refractivity contribution in [2.75, 3.05) is 0 Å². The highest BCUT2D eigenvalue weighted by Crippen LogP contribution is 2.27. The smallest absolute Gasteiger partial charge is 0.337 e. The minimum Gasteiger partial charge on any atom is -0.478 e. The number of rotatable bonds is 3. The number of benzene rings is 1. The van der Waals surface area contributed by atoms with Gasteiger partial charge in [-0.2, -0.15) is 0 Å². The number of aromatic carboxylic acids is 1. The molecule has 0 radical (unpaired) electrons. The quantitative estimate of drug-likeness (QED) is 0.655. The topological polar surface area (TPSA) is 49.7 Å². The Bertz CT molecular complexity index is 531. The van der Waals surface area contributed by atoms with E-state index in [1.165, 1.54) is 5.57 Å². The van der Waals surface area contributed by atoms with Gasteiger partial charge in [0.1, 0.15) is 0 Å². The summed E-state index contributed by atoms with van der Waals surface area (Å²) in [6.07, 6.45) is 6.31. The number of nitrogens with zero attached hydrogens (tertiary/aromatic N) is 1. The summed E-state index contributed by atoms with van der Waals surface area (Å²) in [5.41, 5.74) is 2.19. The fourth-order valence-corrected chi connectivity index (χ4v) is 2.66. The summed E-state index contributed by atoms with van der Waals surface area (Å²) in [6, 6.07) is 6.87. The standard InChI is InChI=1S/C16H19NO2/c1-11-7-12(2)9-13(8-11)10-17-15-6-4-3-5-14(15)16(18)19/h3-7,10-11,13H,8-9H2,1-2H3,(H,18,19). The van der Waals surface area contributed by atoms with Gasteiger partial charge < -0.3 is 5.11 Å². The molecule has 0 saturated heterocycles. The maximum absolute atomic E-state index is 11.1. The van der Waals surface area contributed by atoms with Crippen molar-refractivity contribution >= 4 is 17.9 Å². The van der Waals surface area contributed by atoms with Gasteiger partial charge >= 0.3 is 5.97 Å². The summed E-state index contributed by atoms with van der Waals surface area (Å²) in [5, 5.41) is 9.10. The lowest BCUT2D eigenvalue weighted by Gasteiger charge is -2.22. The summed E-state index contributed by atoms with van der Waals surface area (Å²) >= 11 is 0. The predicted molar refractivity (Wildman–Crippen MR) is 77.2 cm³/mol. The second-order valence-corrected chi connectivity index (χ2v) is 5.29. The van der Waals surface area contributed by atoms with Gasteiger partial charge in [0.25, 0.3) is 0 Å². The molecule has 2 unspecified atom stereocenters. The van der Waals surface area contributed by atoms with Crippen LogP contribution in [0.25, 0.3) is 0 Å². The molecule has 0 spiro atoms. The number of hydrogen-bond acceptors (Lipinski definition) is 2. The molecule has 0 aromatic heterocycles. The van der Waals surface area contributed by atoms with E-state index in [-0.39, 0.29) is 5.56 Å². The minimum absolute atomic E-state index is 0.259. The Kier molecular flexibility index (Phi) is 4.15. The van der Waals surface area contributed by atoms with Crippen LogP contribution in [0.3, 0.4) is 0 Å². The summed E-state index contributed by atoms with van der Waals surface area (Å²) in [7, 11) is 0. The summed E-state index contributed by atoms with van der Waals surface area (Å²) < 4.78 is 0. The van der Waals surface area contributed by atoms with Crippen LogP contribution < -0.4 is 0 Å². The van der Waals surface area contributed by atoms with Crippen molar-refractivity contribution in [2.24, 2.45) is 16.8 Å². The van der Waals surface area contributed by atoms with Crippen molar-refractivity contribution < 1.29 is 9.90 Å². The van der Waals surface area contributed by atoms with Crippen molar-refractivity contribution in [3.8, 4) is 0 Å². The third-order valence-electron chi connectivity index (χ3n) is 3.39. The minimum atomic E-state index is -0.930. The Hall–Kier alpha value is -1.90. The molecular weight excluding hydrogens is 238 g/mol. The predicted octanol–water partition coefficient (Wildman–Crippen LogP) is 4.08. The van der Waals surface area contributed by atoms with Crippen LogP contribution in [0.2, 0.25) is 0 Å². The van der Waals surface area contributed by atoms with Crippen LogP contribution in [-0.4, -0.2) is 17.3 Å². The number of para-hydroxylation sites is 1. The molecule has 100 valence electrons. The fourth-order valence-electron chi connectivity index (χ4n) is 2.66. The fraction of sp³-hybridized carbons (Fsp3) is 0.375. The van der Waals surface area contributed by atoms with Gasteiger partial charge in [0.05, 0.1) is 11.3 Å². The number of aliphatic imine (C=N–C) groups is 1. The number of carbonyl (C=O) groups is 1. The second-order valence-electron chi connectivity index (χ2n) is 5.29. The van der Waals surface area contributed by atoms with Crippen LogP contribution in [0, 0.1) is 11.8 Å². The molecule has 3 heteroatoms. The van der Waals surface area contributed by atoms with Crippen LogP contribution in [0.1, 0.15) is 37.0 Å². The van der Waals surface area contributed by atoms with E-state index in [0.717, 1.165) is 12.8 Å². The lowest BCUT2D eigenvalue weighted by molar-refractivity contribution is 0.0698. The van der Waals surface area contributed by atoms with Gasteiger partial charge in [0.2, 0.25) is 0 Å². The van der Waals surface area contributed by atoms with E-state index < -0.39 is 5.97 Å². The number of carboxylic acids is 1. The second kappa shape index (κ2) is 5.83. The Morgan fingerprint density at radius 1 is 1.42 bits per heavy atom. The lowest BCUT2D eigenvalue weighted by Crippen LogP contribution is -2.12. The van der Waals surface area contributed by atoms with Gasteiger partial charge in [-0.25, -0.2) is 4.79 Å². The van der Waals surface area contributed by atoms with Crippen molar-refractivity contribution in [3.05, 3.63) is 41.5 Å². The largest absolute Gasteiger partial charge is 0.478 e. The molecule has 0 amide bonds. The Morgan fingerprint density at radius 2 is 2.16 bits per heavy atom. The molecule has 0 fully saturated rings. The zero-order valence-electron chi connectivity index (χ0n) is 11.3. The molecule has 0 heterocycles. The molecule has 2 atom stereocenters. The zero-order valence-corrected chi connectivity index (χ0v) is 11.3. The Balaban J connectivity index is 2.15. The molecule has 1 aliphatic rings. The van der Waals surface area contributed by atoms with E-state index in [1.807, 2.05) is 12.3 Å². The van der Waals surface area contributed by atoms with Crippen molar-refractivity contribution in [1.29, 1.82) is 0 Å². The normalized spacial score (nSPS) is 23.4. The average Bonchev–Trinajstić information content (AvgIpc) is 2.35. The summed E-state index contributed by atoms with van der Waals surface area (Å²) in [4.78, 5) is 15.5. The van der Waals surface area contributed by atoms with E-state index >= 15 is 0 Å². The highest BCUT2D eigenvalue weighted by atomic mass is 16.4. The maximum Gasteiger partial charge on any atom is 0.337 e. The van der Waals surface area contributed by atoms with E-state index in [0.29, 0.717) is 17.5 Å². The van der Waals surface area contributed by atoms with E-state index in [2.05, 4.69) is 24.9 Å². The van der Waals surface area contributed by atoms with Gasteiger partial charge in [-0.3, -0.25) is 4.99 Å². The molecule has 1 aromatic carbocycles. The van der Waals surface area contributed by atoms with Crippen molar-refractivity contribution in [3.63, 3.8) is 0 Å². The van der Waals surface area contributed by atoms with Gasteiger partial charge in [-0.15, -0.1) is 0 Å². The molecular formula is C16H19NO2. The molecule has 2 rings (SSSR count). The van der Waals surface area contributed by atoms with Crippen molar-refractivity contribution in [2.45, 2.75) is 26.7 Å². The molecule has 1 aromatic rings. The van der Waals surface area contributed by atoms with Crippen LogP contribution in [0.15, 0.2) is 40.9 Å². The van der Waals surface area contributed by atoms with Crippen LogP contribution >= 0.6 is 0 Å². The van der Waals surface area contributed by atoms with Crippen LogP contribution in [-0.2, 0) is 0 Å². The number of hydrogen-bond donors (Lipinski definition) is 1. The van der Waals surface area contributed by atoms with Crippen LogP contribution in [0.5, 0.6) is 0 Å². The average molecular weight is 257 g/mol. The molecule has 0 aliphatic heterocycles. The van der Waals surface area contributed by atoms with Crippen LogP contribution in [0.4, 0.5) is 5.69 Å². The van der Waals surface area contributed by atoms with Gasteiger partial charge in [-0.05, 0) is 43.7 Å². The maximum atomic E-state index is 11.1. The third kappa shape index (κ3) is 3.53. The first kappa shape index (κ1) is 13.5. The van der Waals surface area contributed by atoms with Gasteiger partial charge in [0.15, 0.2) is 0 Å². The highest BCUT2D eigenvalue weighted by molar-refractivity contribution is 5.94. The molecule has 0 saturated carbocycles.